The minimum atomic E-state index is -0.170. The summed E-state index contributed by atoms with van der Waals surface area (Å²) in [4.78, 5) is 7.68. The van der Waals surface area contributed by atoms with Gasteiger partial charge in [0.15, 0.2) is 0 Å². The maximum Gasteiger partial charge on any atom is 0.297 e. The van der Waals surface area contributed by atoms with Crippen LogP contribution in [0.5, 0.6) is 0 Å². The summed E-state index contributed by atoms with van der Waals surface area (Å²) in [5, 5.41) is 0. The van der Waals surface area contributed by atoms with E-state index in [0.29, 0.717) is 0 Å². The highest BCUT2D eigenvalue weighted by atomic mass is 16.3. The van der Waals surface area contributed by atoms with Gasteiger partial charge in [-0.1, -0.05) is 176 Å². The molecule has 1 aromatic heterocycles. The first-order chi connectivity index (χ1) is 33.4. The highest BCUT2D eigenvalue weighted by molar-refractivity contribution is 6.99. The van der Waals surface area contributed by atoms with Crippen molar-refractivity contribution in [2.45, 2.75) is 90.4 Å². The third kappa shape index (κ3) is 7.20. The molecule has 0 N–H and O–H groups in total. The molecule has 8 aromatic rings. The molecule has 12 rings (SSSR count). The van der Waals surface area contributed by atoms with Crippen molar-refractivity contribution < 1.29 is 4.42 Å². The average molecular weight is 898 g/mol. The zero-order chi connectivity index (χ0) is 47.2. The summed E-state index contributed by atoms with van der Waals surface area (Å²) in [7, 11) is 0. The second-order valence-corrected chi connectivity index (χ2v) is 21.9. The fourth-order valence-corrected chi connectivity index (χ4v) is 11.6. The predicted molar refractivity (Wildman–Crippen MR) is 293 cm³/mol. The van der Waals surface area contributed by atoms with Gasteiger partial charge >= 0.3 is 0 Å². The van der Waals surface area contributed by atoms with Gasteiger partial charge in [0.1, 0.15) is 5.76 Å². The summed E-state index contributed by atoms with van der Waals surface area (Å²) in [6.07, 6.45) is 10.9. The van der Waals surface area contributed by atoms with E-state index < -0.39 is 0 Å². The number of para-hydroxylation sites is 1. The van der Waals surface area contributed by atoms with Crippen molar-refractivity contribution in [3.8, 4) is 22.3 Å². The van der Waals surface area contributed by atoms with Gasteiger partial charge in [0.2, 0.25) is 0 Å². The van der Waals surface area contributed by atoms with E-state index in [2.05, 4.69) is 251 Å². The minimum absolute atomic E-state index is 0.00599. The summed E-state index contributed by atoms with van der Waals surface area (Å²) >= 11 is 0. The molecule has 0 saturated heterocycles. The summed E-state index contributed by atoms with van der Waals surface area (Å²) in [6, 6.07) is 63.3. The largest absolute Gasteiger partial charge is 0.472 e. The van der Waals surface area contributed by atoms with Gasteiger partial charge < -0.3 is 19.1 Å². The van der Waals surface area contributed by atoms with Gasteiger partial charge in [-0.05, 0) is 136 Å². The number of nitrogens with zero attached hydrogens (tertiary/aromatic N) is 3. The molecule has 4 aliphatic rings. The van der Waals surface area contributed by atoms with Crippen LogP contribution >= 0.6 is 0 Å². The number of rotatable bonds is 7. The van der Waals surface area contributed by atoms with Crippen LogP contribution < -0.4 is 31.3 Å². The second kappa shape index (κ2) is 16.2. The molecule has 0 spiro atoms. The van der Waals surface area contributed by atoms with Gasteiger partial charge in [-0.25, -0.2) is 0 Å². The van der Waals surface area contributed by atoms with Crippen molar-refractivity contribution in [3.63, 3.8) is 0 Å². The van der Waals surface area contributed by atoms with Crippen molar-refractivity contribution in [1.82, 2.24) is 0 Å². The number of benzene rings is 7. The number of anilines is 8. The van der Waals surface area contributed by atoms with Crippen molar-refractivity contribution in [2.75, 3.05) is 14.7 Å². The van der Waals surface area contributed by atoms with Crippen LogP contribution in [0.25, 0.3) is 22.3 Å². The smallest absolute Gasteiger partial charge is 0.297 e. The Labute approximate surface area is 409 Å². The van der Waals surface area contributed by atoms with Crippen molar-refractivity contribution in [1.29, 1.82) is 0 Å². The number of hydrogen-bond acceptors (Lipinski definition) is 4. The Bertz CT molecular complexity index is 3320. The Balaban J connectivity index is 1.23. The lowest BCUT2D eigenvalue weighted by Crippen LogP contribution is -2.61. The number of allylic oxidation sites excluding steroid dienone is 4. The van der Waals surface area contributed by atoms with E-state index in [0.717, 1.165) is 71.2 Å². The van der Waals surface area contributed by atoms with Crippen LogP contribution in [-0.2, 0) is 16.2 Å². The van der Waals surface area contributed by atoms with Gasteiger partial charge in [0.05, 0.1) is 11.3 Å². The Morgan fingerprint density at radius 2 is 1.19 bits per heavy atom. The maximum absolute atomic E-state index is 7.70. The third-order valence-electron chi connectivity index (χ3n) is 15.4. The molecule has 0 radical (unpaired) electrons. The second-order valence-electron chi connectivity index (χ2n) is 21.9. The zero-order valence-electron chi connectivity index (χ0n) is 41.1. The highest BCUT2D eigenvalue weighted by Gasteiger charge is 2.52. The van der Waals surface area contributed by atoms with Crippen molar-refractivity contribution in [3.05, 3.63) is 211 Å². The molecule has 7 aromatic carbocycles. The molecule has 340 valence electrons. The summed E-state index contributed by atoms with van der Waals surface area (Å²) in [5.41, 5.74) is 21.1. The number of hydrogen-bond donors (Lipinski definition) is 0. The van der Waals surface area contributed by atoms with E-state index in [9.17, 15) is 0 Å². The normalized spacial score (nSPS) is 16.3. The van der Waals surface area contributed by atoms with E-state index in [4.69, 9.17) is 4.42 Å². The molecule has 5 heteroatoms. The van der Waals surface area contributed by atoms with E-state index in [1.165, 1.54) is 61.4 Å². The molecular formula is C64H60BN3O. The van der Waals surface area contributed by atoms with E-state index in [1.54, 1.807) is 0 Å². The first-order valence-corrected chi connectivity index (χ1v) is 25.0. The Morgan fingerprint density at radius 3 is 1.84 bits per heavy atom. The van der Waals surface area contributed by atoms with Gasteiger partial charge in [0, 0.05) is 56.5 Å². The SMILES string of the molecule is CC(C)(C)c1ccc(N2c3cc(N(C4=CC=CCC4)c4ccccc4)cc4c3B(c3ccc(-c5ccccc5)cc3N4c3cccc(-c4ccccc4)c3)c3oc4c(c32)C(C)(C)CCC4(C)C)cc1. The summed E-state index contributed by atoms with van der Waals surface area (Å²) in [6.45, 7) is 16.4. The van der Waals surface area contributed by atoms with Crippen LogP contribution in [0.15, 0.2) is 198 Å². The Kier molecular flexibility index (Phi) is 10.1. The molecule has 2 aliphatic heterocycles. The monoisotopic (exact) mass is 897 g/mol. The number of fused-ring (bicyclic) bond motifs is 6. The molecule has 2 aliphatic carbocycles. The van der Waals surface area contributed by atoms with E-state index in [1.807, 2.05) is 0 Å². The molecule has 69 heavy (non-hydrogen) atoms. The summed E-state index contributed by atoms with van der Waals surface area (Å²) < 4.78 is 7.70. The number of furan rings is 1. The van der Waals surface area contributed by atoms with Crippen molar-refractivity contribution in [2.24, 2.45) is 0 Å². The van der Waals surface area contributed by atoms with Crippen LogP contribution in [0, 0.1) is 0 Å². The topological polar surface area (TPSA) is 22.9 Å². The van der Waals surface area contributed by atoms with Gasteiger partial charge in [0.25, 0.3) is 6.71 Å². The van der Waals surface area contributed by atoms with Crippen LogP contribution in [0.1, 0.15) is 91.0 Å². The molecule has 0 amide bonds. The van der Waals surface area contributed by atoms with Crippen molar-refractivity contribution >= 4 is 68.8 Å². The van der Waals surface area contributed by atoms with Gasteiger partial charge in [-0.15, -0.1) is 0 Å². The standard InChI is InChI=1S/C64H60BN3O/c1-62(2,3)47-32-34-50(35-33-47)68-56-42-52(66(48-26-16-10-17-27-48)49-28-18-11-19-29-49)41-55-58(56)65(61-59(68)57-60(69-61)64(6,7)38-37-63(57,4)5)53-36-31-46(44-23-14-9-15-24-44)40-54(53)67(55)51-30-20-25-45(39-51)43-21-12-8-13-22-43/h8-18,20-28,30-36,39-42H,19,29,37-38H2,1-7H3. The van der Waals surface area contributed by atoms with E-state index >= 15 is 0 Å². The van der Waals surface area contributed by atoms with Gasteiger partial charge in [-0.2, -0.15) is 0 Å². The van der Waals surface area contributed by atoms with Crippen LogP contribution in [0.4, 0.5) is 45.5 Å². The summed E-state index contributed by atoms with van der Waals surface area (Å²) in [5.74, 6) is 1.13. The average Bonchev–Trinajstić information content (AvgIpc) is 3.79. The molecular weight excluding hydrogens is 838 g/mol. The molecule has 0 saturated carbocycles. The quantitative estimate of drug-likeness (QED) is 0.149. The molecule has 4 nitrogen and oxygen atoms in total. The molecule has 3 heterocycles. The highest BCUT2D eigenvalue weighted by Crippen LogP contribution is 2.56. The molecule has 0 atom stereocenters. The lowest BCUT2D eigenvalue weighted by Gasteiger charge is -2.45. The Morgan fingerprint density at radius 1 is 0.565 bits per heavy atom. The third-order valence-corrected chi connectivity index (χ3v) is 15.4. The fraction of sp³-hybridized carbons (Fsp3) is 0.219. The van der Waals surface area contributed by atoms with Crippen LogP contribution in [0.3, 0.4) is 0 Å². The molecule has 0 bridgehead atoms. The predicted octanol–water partition coefficient (Wildman–Crippen LogP) is 15.7. The lowest BCUT2D eigenvalue weighted by molar-refractivity contribution is 0.282. The fourth-order valence-electron chi connectivity index (χ4n) is 11.6. The molecule has 0 fully saturated rings. The van der Waals surface area contributed by atoms with Crippen LogP contribution in [0.2, 0.25) is 0 Å². The van der Waals surface area contributed by atoms with Gasteiger partial charge in [-0.3, -0.25) is 0 Å². The lowest BCUT2D eigenvalue weighted by atomic mass is 9.35. The Hall–Kier alpha value is -7.24. The first kappa shape index (κ1) is 43.1. The maximum atomic E-state index is 7.70. The minimum Gasteiger partial charge on any atom is -0.472 e. The van der Waals surface area contributed by atoms with Crippen LogP contribution in [-0.4, -0.2) is 6.71 Å². The first-order valence-electron chi connectivity index (χ1n) is 25.0. The van der Waals surface area contributed by atoms with E-state index in [-0.39, 0.29) is 23.0 Å². The molecule has 0 unspecified atom stereocenters. The zero-order valence-corrected chi connectivity index (χ0v) is 41.1.